The minimum Gasteiger partial charge on any atom is -0.481 e. The van der Waals surface area contributed by atoms with Crippen molar-refractivity contribution in [3.05, 3.63) is 59.7 Å². The van der Waals surface area contributed by atoms with Crippen molar-refractivity contribution in [2.45, 2.75) is 96.5 Å². The molecule has 0 aromatic heterocycles. The lowest BCUT2D eigenvalue weighted by Gasteiger charge is -2.38. The molecule has 0 saturated heterocycles. The normalized spacial score (nSPS) is 16.7. The molecule has 0 aliphatic rings. The Hall–Kier alpha value is -0.220. The highest BCUT2D eigenvalue weighted by Gasteiger charge is 2.46. The van der Waals surface area contributed by atoms with E-state index in [9.17, 15) is 19.6 Å². The van der Waals surface area contributed by atoms with E-state index in [0.717, 1.165) is 44.1 Å². The lowest BCUT2D eigenvalue weighted by Crippen LogP contribution is -2.33. The molecule has 294 valence electrons. The molecule has 0 aliphatic carbocycles. The average Bonchev–Trinajstić information content (AvgIpc) is 3.12. The first-order chi connectivity index (χ1) is 24.6. The first-order valence-corrected chi connectivity index (χ1v) is 27.0. The van der Waals surface area contributed by atoms with Crippen LogP contribution in [0.4, 0.5) is 0 Å². The molecule has 0 bridgehead atoms. The van der Waals surface area contributed by atoms with Crippen molar-refractivity contribution in [3.63, 3.8) is 0 Å². The zero-order valence-electron chi connectivity index (χ0n) is 30.8. The molecule has 10 N–H and O–H groups in total. The Kier molecular flexibility index (Phi) is 22.5. The Bertz CT molecular complexity index is 1360. The molecule has 0 saturated carbocycles. The van der Waals surface area contributed by atoms with Crippen molar-refractivity contribution in [2.75, 3.05) is 20.3 Å². The van der Waals surface area contributed by atoms with E-state index in [1.54, 1.807) is 40.2 Å². The Morgan fingerprint density at radius 3 is 2.04 bits per heavy atom. The van der Waals surface area contributed by atoms with Crippen LogP contribution < -0.4 is 26.0 Å². The number of nitrogens with zero attached hydrogens (tertiary/aromatic N) is 3. The van der Waals surface area contributed by atoms with Gasteiger partial charge in [-0.2, -0.15) is 0 Å². The highest BCUT2D eigenvalue weighted by molar-refractivity contribution is 8.55. The predicted molar refractivity (Wildman–Crippen MR) is 224 cm³/mol. The van der Waals surface area contributed by atoms with Gasteiger partial charge in [0.2, 0.25) is 0 Å². The number of hydrogen-bond donors (Lipinski definition) is 7. The van der Waals surface area contributed by atoms with E-state index in [1.807, 2.05) is 52.1 Å². The molecular weight excluding hydrogens is 802 g/mol. The van der Waals surface area contributed by atoms with E-state index >= 15 is 0 Å². The SMILES string of the molecule is CCCCN(COP(O)O)C(OP(O)O)c1ccc(OC(C)(CCCC)[P+](=S)N(C)/N=C/c2ccc(OC(C)(CCC)P(N)P(N)PN)cc2)cc1. The number of hydrogen-bond acceptors (Lipinski definition) is 14. The van der Waals surface area contributed by atoms with Gasteiger partial charge in [-0.15, -0.1) is 9.88 Å². The maximum atomic E-state index is 9.74. The topological polar surface area (TPSA) is 215 Å². The van der Waals surface area contributed by atoms with Gasteiger partial charge in [-0.05, 0) is 82.1 Å². The summed E-state index contributed by atoms with van der Waals surface area (Å²) in [5, 5.41) is 3.40. The number of ether oxygens (including phenoxy) is 2. The number of hydrazone groups is 1. The van der Waals surface area contributed by atoms with Gasteiger partial charge in [0, 0.05) is 27.3 Å². The lowest BCUT2D eigenvalue weighted by molar-refractivity contribution is -0.0321. The van der Waals surface area contributed by atoms with Crippen LogP contribution in [0, 0.1) is 0 Å². The van der Waals surface area contributed by atoms with E-state index in [2.05, 4.69) is 13.8 Å². The highest BCUT2D eigenvalue weighted by Crippen LogP contribution is 2.74. The molecule has 2 aromatic rings. The van der Waals surface area contributed by atoms with Gasteiger partial charge < -0.3 is 45.6 Å². The second-order valence-corrected chi connectivity index (χ2v) is 25.4. The Labute approximate surface area is 321 Å². The molecule has 7 atom stereocenters. The molecule has 14 nitrogen and oxygen atoms in total. The van der Waals surface area contributed by atoms with E-state index < -0.39 is 56.2 Å². The Morgan fingerprint density at radius 1 is 0.904 bits per heavy atom. The van der Waals surface area contributed by atoms with Crippen LogP contribution in [-0.4, -0.2) is 66.5 Å². The highest BCUT2D eigenvalue weighted by atomic mass is 32.5. The molecular formula is C31H57N6O8P6S+. The molecule has 52 heavy (non-hydrogen) atoms. The van der Waals surface area contributed by atoms with Gasteiger partial charge in [-0.25, -0.2) is 0 Å². The molecule has 0 spiro atoms. The first-order valence-electron chi connectivity index (χ1n) is 16.9. The summed E-state index contributed by atoms with van der Waals surface area (Å²) in [6.45, 7) is 9.20. The molecule has 0 aliphatic heterocycles. The fourth-order valence-electron chi connectivity index (χ4n) is 5.15. The molecule has 21 heteroatoms. The summed E-state index contributed by atoms with van der Waals surface area (Å²) in [7, 11) is -5.41. The smallest absolute Gasteiger partial charge is 0.358 e. The van der Waals surface area contributed by atoms with Gasteiger partial charge in [0.1, 0.15) is 29.8 Å². The van der Waals surface area contributed by atoms with Crippen molar-refractivity contribution < 1.29 is 38.1 Å². The summed E-state index contributed by atoms with van der Waals surface area (Å²) in [5.41, 5.74) is 20.2. The monoisotopic (exact) mass is 859 g/mol. The van der Waals surface area contributed by atoms with Crippen LogP contribution in [0.15, 0.2) is 53.6 Å². The quantitative estimate of drug-likeness (QED) is 0.0205. The summed E-state index contributed by atoms with van der Waals surface area (Å²) in [6.07, 6.45) is 6.73. The number of benzene rings is 2. The van der Waals surface area contributed by atoms with Crippen LogP contribution in [0.2, 0.25) is 0 Å². The molecule has 2 aromatic carbocycles. The molecule has 0 amide bonds. The summed E-state index contributed by atoms with van der Waals surface area (Å²) in [4.78, 5) is 39.8. The number of nitrogens with two attached hydrogens (primary N) is 3. The fraction of sp³-hybridized carbons (Fsp3) is 0.581. The Morgan fingerprint density at radius 2 is 1.50 bits per heavy atom. The predicted octanol–water partition coefficient (Wildman–Crippen LogP) is 8.30. The number of rotatable bonds is 26. The fourth-order valence-corrected chi connectivity index (χ4v) is 14.1. The minimum atomic E-state index is -2.72. The van der Waals surface area contributed by atoms with E-state index in [1.165, 1.54) is 0 Å². The van der Waals surface area contributed by atoms with Crippen molar-refractivity contribution >= 4 is 65.7 Å². The Balaban J connectivity index is 2.24. The summed E-state index contributed by atoms with van der Waals surface area (Å²) in [5.74, 6) is 1.29. The lowest BCUT2D eigenvalue weighted by atomic mass is 10.1. The minimum absolute atomic E-state index is 0.117. The van der Waals surface area contributed by atoms with Gasteiger partial charge in [0.15, 0.2) is 11.8 Å². The van der Waals surface area contributed by atoms with Gasteiger partial charge in [0.05, 0.1) is 21.0 Å². The van der Waals surface area contributed by atoms with Crippen LogP contribution in [0.25, 0.3) is 0 Å². The first kappa shape index (κ1) is 47.9. The summed E-state index contributed by atoms with van der Waals surface area (Å²) >= 11 is 6.09. The van der Waals surface area contributed by atoms with Crippen molar-refractivity contribution in [1.29, 1.82) is 0 Å². The van der Waals surface area contributed by atoms with E-state index in [0.29, 0.717) is 30.0 Å². The largest absolute Gasteiger partial charge is 0.481 e. The van der Waals surface area contributed by atoms with Crippen LogP contribution in [0.3, 0.4) is 0 Å². The van der Waals surface area contributed by atoms with Gasteiger partial charge in [-0.1, -0.05) is 52.2 Å². The van der Waals surface area contributed by atoms with Crippen LogP contribution >= 0.6 is 47.7 Å². The maximum absolute atomic E-state index is 9.74. The molecule has 0 radical (unpaired) electrons. The van der Waals surface area contributed by atoms with Crippen molar-refractivity contribution in [2.24, 2.45) is 21.6 Å². The van der Waals surface area contributed by atoms with Gasteiger partial charge >= 0.3 is 24.1 Å². The van der Waals surface area contributed by atoms with E-state index in [-0.39, 0.29) is 15.2 Å². The van der Waals surface area contributed by atoms with Gasteiger partial charge in [-0.3, -0.25) is 13.9 Å². The summed E-state index contributed by atoms with van der Waals surface area (Å²) in [6, 6.07) is 14.8. The summed E-state index contributed by atoms with van der Waals surface area (Å²) < 4.78 is 25.4. The molecule has 2 rings (SSSR count). The van der Waals surface area contributed by atoms with Crippen molar-refractivity contribution in [1.82, 2.24) is 9.68 Å². The van der Waals surface area contributed by atoms with Crippen molar-refractivity contribution in [3.8, 4) is 11.5 Å². The third kappa shape index (κ3) is 15.7. The van der Waals surface area contributed by atoms with E-state index in [4.69, 9.17) is 51.9 Å². The molecule has 0 fully saturated rings. The zero-order valence-corrected chi connectivity index (χ0v) is 37.1. The maximum Gasteiger partial charge on any atom is 0.358 e. The average molecular weight is 860 g/mol. The van der Waals surface area contributed by atoms with Gasteiger partial charge in [0.25, 0.3) is 5.34 Å². The third-order valence-corrected chi connectivity index (χ3v) is 20.8. The van der Waals surface area contributed by atoms with Crippen LogP contribution in [0.5, 0.6) is 11.5 Å². The second kappa shape index (κ2) is 24.4. The molecule has 0 heterocycles. The number of unbranched alkanes of at least 4 members (excludes halogenated alkanes) is 2. The molecule has 7 unspecified atom stereocenters. The third-order valence-electron chi connectivity index (χ3n) is 7.98. The second-order valence-electron chi connectivity index (χ2n) is 12.3. The van der Waals surface area contributed by atoms with Crippen LogP contribution in [-0.2, 0) is 20.9 Å². The standard InChI is InChI=1S/C31H57N6O8P6S/c1-7-10-21-31(5,44-28-18-14-26(15-19-28)29(45-51(40)41)37(22-11-8-2)24-42-50(38)39)48(52)36(6)35-23-25-12-16-27(17-13-25)43-30(4,20-9-3)47(33)49(34)46-32/h12-19,23,29,38-41,46H,7-11,20-22,24,32-34H2,1-6H3/q+1/b35-23+. The zero-order chi connectivity index (χ0) is 38.9. The van der Waals surface area contributed by atoms with Crippen LogP contribution in [0.1, 0.15) is 96.9 Å².